The van der Waals surface area contributed by atoms with E-state index in [9.17, 15) is 9.59 Å². The first-order chi connectivity index (χ1) is 7.74. The monoisotopic (exact) mass is 241 g/mol. The molecule has 0 saturated heterocycles. The van der Waals surface area contributed by atoms with Gasteiger partial charge >= 0.3 is 11.8 Å². The molecule has 16 heavy (non-hydrogen) atoms. The first-order valence-corrected chi connectivity index (χ1v) is 5.11. The van der Waals surface area contributed by atoms with Gasteiger partial charge in [0.1, 0.15) is 12.1 Å². The minimum absolute atomic E-state index is 0.0480. The zero-order valence-electron chi connectivity index (χ0n) is 8.18. The third kappa shape index (κ3) is 1.81. The number of ether oxygens (including phenoxy) is 1. The van der Waals surface area contributed by atoms with Crippen LogP contribution in [0.15, 0.2) is 33.5 Å². The van der Waals surface area contributed by atoms with Crippen LogP contribution >= 0.6 is 11.6 Å². The molecule has 2 rings (SSSR count). The number of carbonyl (C=O) groups is 1. The maximum absolute atomic E-state index is 11.5. The fraction of sp³-hybridized carbons (Fsp3) is 0.200. The number of fused-ring (bicyclic) bond motifs is 1. The van der Waals surface area contributed by atoms with Crippen molar-refractivity contribution in [3.05, 3.63) is 34.8 Å². The van der Waals surface area contributed by atoms with Gasteiger partial charge in [-0.2, -0.15) is 4.57 Å². The first-order valence-electron chi connectivity index (χ1n) is 4.57. The number of rotatable bonds is 2. The average Bonchev–Trinajstić information content (AvgIpc) is 2.62. The Balaban J connectivity index is 2.47. The number of nitrogens with zero attached hydrogens (tertiary/aromatic N) is 1. The lowest BCUT2D eigenvalue weighted by atomic mass is 10.3. The van der Waals surface area contributed by atoms with E-state index in [4.69, 9.17) is 20.8 Å². The topological polar surface area (TPSA) is 61.4 Å². The molecule has 1 aromatic carbocycles. The van der Waals surface area contributed by atoms with Gasteiger partial charge < -0.3 is 9.15 Å². The van der Waals surface area contributed by atoms with Crippen LogP contribution in [0.3, 0.4) is 0 Å². The van der Waals surface area contributed by atoms with E-state index in [2.05, 4.69) is 0 Å². The van der Waals surface area contributed by atoms with Crippen LogP contribution in [0.5, 0.6) is 0 Å². The number of halogens is 1. The Morgan fingerprint density at radius 1 is 1.44 bits per heavy atom. The van der Waals surface area contributed by atoms with Crippen LogP contribution in [0.1, 0.15) is 0 Å². The molecule has 6 heteroatoms. The molecule has 1 aromatic heterocycles. The summed E-state index contributed by atoms with van der Waals surface area (Å²) in [5.74, 6) is -0.586. The molecular formula is C10H8ClNO4. The van der Waals surface area contributed by atoms with Crippen molar-refractivity contribution in [3.63, 3.8) is 0 Å². The van der Waals surface area contributed by atoms with E-state index in [1.807, 2.05) is 0 Å². The Morgan fingerprint density at radius 3 is 2.94 bits per heavy atom. The highest BCUT2D eigenvalue weighted by Crippen LogP contribution is 2.11. The fourth-order valence-corrected chi connectivity index (χ4v) is 1.41. The van der Waals surface area contributed by atoms with E-state index < -0.39 is 11.8 Å². The molecule has 5 nitrogen and oxygen atoms in total. The molecule has 0 aliphatic rings. The Bertz CT molecular complexity index is 571. The van der Waals surface area contributed by atoms with Crippen molar-refractivity contribution in [2.75, 3.05) is 12.5 Å². The second-order valence-corrected chi connectivity index (χ2v) is 3.35. The molecule has 0 atom stereocenters. The van der Waals surface area contributed by atoms with E-state index >= 15 is 0 Å². The number of aromatic nitrogens is 1. The number of alkyl halides is 1. The quantitative estimate of drug-likeness (QED) is 0.753. The van der Waals surface area contributed by atoms with Gasteiger partial charge in [-0.15, -0.1) is 11.6 Å². The van der Waals surface area contributed by atoms with E-state index in [1.165, 1.54) is 0 Å². The van der Waals surface area contributed by atoms with Crippen LogP contribution in [0.25, 0.3) is 11.1 Å². The van der Waals surface area contributed by atoms with E-state index in [0.717, 1.165) is 4.57 Å². The predicted octanol–water partition coefficient (Wildman–Crippen LogP) is 1.82. The van der Waals surface area contributed by atoms with Gasteiger partial charge in [-0.05, 0) is 12.1 Å². The molecule has 0 saturated carbocycles. The van der Waals surface area contributed by atoms with Gasteiger partial charge in [0.2, 0.25) is 0 Å². The third-order valence-electron chi connectivity index (χ3n) is 1.97. The number of oxazole rings is 1. The number of hydrogen-bond donors (Lipinski definition) is 0. The van der Waals surface area contributed by atoms with Crippen molar-refractivity contribution in [3.8, 4) is 0 Å². The van der Waals surface area contributed by atoms with Gasteiger partial charge in [0.25, 0.3) is 0 Å². The van der Waals surface area contributed by atoms with Crippen molar-refractivity contribution in [2.45, 2.75) is 0 Å². The minimum Gasteiger partial charge on any atom is -0.448 e. The molecule has 0 N–H and O–H groups in total. The summed E-state index contributed by atoms with van der Waals surface area (Å²) in [5.41, 5.74) is 0.724. The molecule has 0 aliphatic heterocycles. The number of carbonyl (C=O) groups excluding carboxylic acids is 1. The Labute approximate surface area is 95.2 Å². The number of benzene rings is 1. The van der Waals surface area contributed by atoms with Gasteiger partial charge in [0.05, 0.1) is 5.88 Å². The van der Waals surface area contributed by atoms with Crippen molar-refractivity contribution >= 4 is 28.8 Å². The fourth-order valence-electron chi connectivity index (χ4n) is 1.33. The molecule has 2 aromatic rings. The summed E-state index contributed by atoms with van der Waals surface area (Å²) in [6.07, 6.45) is -0.782. The van der Waals surface area contributed by atoms with Crippen LogP contribution in [0, 0.1) is 0 Å². The largest absolute Gasteiger partial charge is 0.448 e. The van der Waals surface area contributed by atoms with E-state index in [1.54, 1.807) is 24.3 Å². The summed E-state index contributed by atoms with van der Waals surface area (Å²) in [4.78, 5) is 22.9. The molecule has 0 bridgehead atoms. The normalized spacial score (nSPS) is 10.6. The Kier molecular flexibility index (Phi) is 2.96. The van der Waals surface area contributed by atoms with Crippen molar-refractivity contribution in [2.24, 2.45) is 0 Å². The average molecular weight is 242 g/mol. The van der Waals surface area contributed by atoms with Crippen LogP contribution in [-0.2, 0) is 4.74 Å². The van der Waals surface area contributed by atoms with Crippen LogP contribution in [0.4, 0.5) is 4.79 Å². The summed E-state index contributed by atoms with van der Waals surface area (Å²) in [6.45, 7) is 0.0480. The molecule has 0 amide bonds. The second kappa shape index (κ2) is 4.40. The van der Waals surface area contributed by atoms with Crippen molar-refractivity contribution < 1.29 is 13.9 Å². The lowest BCUT2D eigenvalue weighted by Crippen LogP contribution is -2.24. The summed E-state index contributed by atoms with van der Waals surface area (Å²) in [7, 11) is 0. The highest BCUT2D eigenvalue weighted by Gasteiger charge is 2.16. The SMILES string of the molecule is O=C(OCCCl)n1c(=O)oc2ccccc21. The summed E-state index contributed by atoms with van der Waals surface area (Å²) >= 11 is 5.38. The highest BCUT2D eigenvalue weighted by atomic mass is 35.5. The molecule has 84 valence electrons. The number of hydrogen-bond acceptors (Lipinski definition) is 4. The zero-order valence-corrected chi connectivity index (χ0v) is 8.94. The molecular weight excluding hydrogens is 234 g/mol. The molecule has 0 spiro atoms. The first kappa shape index (κ1) is 10.8. The lowest BCUT2D eigenvalue weighted by Gasteiger charge is -2.01. The van der Waals surface area contributed by atoms with E-state index in [0.29, 0.717) is 11.1 Å². The minimum atomic E-state index is -0.782. The smallest absolute Gasteiger partial charge is 0.429 e. The second-order valence-electron chi connectivity index (χ2n) is 2.97. The number of para-hydroxylation sites is 2. The summed E-state index contributed by atoms with van der Waals surface area (Å²) < 4.78 is 10.5. The van der Waals surface area contributed by atoms with Gasteiger partial charge in [-0.1, -0.05) is 12.1 Å². The lowest BCUT2D eigenvalue weighted by molar-refractivity contribution is 0.153. The maximum atomic E-state index is 11.5. The van der Waals surface area contributed by atoms with Crippen LogP contribution in [0.2, 0.25) is 0 Å². The van der Waals surface area contributed by atoms with Crippen molar-refractivity contribution in [1.82, 2.24) is 4.57 Å². The Hall–Kier alpha value is -1.75. The summed E-state index contributed by atoms with van der Waals surface area (Å²) in [6, 6.07) is 6.60. The maximum Gasteiger partial charge on any atom is 0.429 e. The molecule has 0 fully saturated rings. The van der Waals surface area contributed by atoms with Gasteiger partial charge in [0, 0.05) is 0 Å². The predicted molar refractivity (Wildman–Crippen MR) is 57.9 cm³/mol. The standard InChI is InChI=1S/C10H8ClNO4/c11-5-6-15-9(13)12-7-3-1-2-4-8(7)16-10(12)14/h1-4H,5-6H2. The zero-order chi connectivity index (χ0) is 11.5. The van der Waals surface area contributed by atoms with Gasteiger partial charge in [-0.25, -0.2) is 9.59 Å². The van der Waals surface area contributed by atoms with Crippen molar-refractivity contribution in [1.29, 1.82) is 0 Å². The molecule has 1 heterocycles. The van der Waals surface area contributed by atoms with Crippen LogP contribution < -0.4 is 5.76 Å². The molecule has 0 radical (unpaired) electrons. The van der Waals surface area contributed by atoms with Gasteiger partial charge in [-0.3, -0.25) is 0 Å². The van der Waals surface area contributed by atoms with E-state index in [-0.39, 0.29) is 12.5 Å². The Morgan fingerprint density at radius 2 is 2.19 bits per heavy atom. The summed E-state index contributed by atoms with van der Waals surface area (Å²) in [5, 5.41) is 0. The van der Waals surface area contributed by atoms with Gasteiger partial charge in [0.15, 0.2) is 5.58 Å². The highest BCUT2D eigenvalue weighted by molar-refractivity contribution is 6.18. The molecule has 0 aliphatic carbocycles. The van der Waals surface area contributed by atoms with Crippen LogP contribution in [-0.4, -0.2) is 23.1 Å². The molecule has 0 unspecified atom stereocenters. The third-order valence-corrected chi connectivity index (χ3v) is 2.13.